The van der Waals surface area contributed by atoms with Gasteiger partial charge in [0.1, 0.15) is 0 Å². The molecule has 0 atom stereocenters. The summed E-state index contributed by atoms with van der Waals surface area (Å²) in [6, 6.07) is 5.41. The molecular weight excluding hydrogens is 222 g/mol. The summed E-state index contributed by atoms with van der Waals surface area (Å²) in [5.74, 6) is 2.47. The van der Waals surface area contributed by atoms with Gasteiger partial charge in [0.25, 0.3) is 5.91 Å². The number of halogens is 1. The average Bonchev–Trinajstić information content (AvgIpc) is 3.11. The number of carbonyl (C=O) groups is 1. The summed E-state index contributed by atoms with van der Waals surface area (Å²) in [5.41, 5.74) is 1.12. The van der Waals surface area contributed by atoms with Crippen LogP contribution in [0.4, 0.5) is 0 Å². The molecule has 1 fully saturated rings. The number of nitrogens with zero attached hydrogens (tertiary/aromatic N) is 1. The first-order valence-electron chi connectivity index (χ1n) is 5.17. The van der Waals surface area contributed by atoms with E-state index in [2.05, 4.69) is 5.92 Å². The Bertz CT molecular complexity index is 471. The number of terminal acetylenes is 1. The first-order chi connectivity index (χ1) is 7.63. The molecule has 16 heavy (non-hydrogen) atoms. The number of hydrogen-bond acceptors (Lipinski definition) is 1. The second-order valence-corrected chi connectivity index (χ2v) is 4.42. The van der Waals surface area contributed by atoms with E-state index in [9.17, 15) is 4.79 Å². The van der Waals surface area contributed by atoms with Gasteiger partial charge in [0.2, 0.25) is 0 Å². The quantitative estimate of drug-likeness (QED) is 0.719. The number of amides is 1. The van der Waals surface area contributed by atoms with E-state index in [1.54, 1.807) is 30.1 Å². The molecular formula is C13H12ClNO. The molecule has 0 saturated heterocycles. The Hall–Kier alpha value is -1.46. The van der Waals surface area contributed by atoms with Crippen molar-refractivity contribution >= 4 is 17.5 Å². The van der Waals surface area contributed by atoms with E-state index in [1.807, 2.05) is 0 Å². The molecule has 1 aromatic carbocycles. The Kier molecular flexibility index (Phi) is 2.89. The normalized spacial score (nSPS) is 14.3. The highest BCUT2D eigenvalue weighted by Crippen LogP contribution is 2.27. The van der Waals surface area contributed by atoms with E-state index in [0.717, 1.165) is 12.8 Å². The molecule has 0 radical (unpaired) electrons. The molecule has 1 aliphatic rings. The van der Waals surface area contributed by atoms with Crippen molar-refractivity contribution in [2.45, 2.75) is 18.9 Å². The average molecular weight is 234 g/mol. The molecule has 0 bridgehead atoms. The van der Waals surface area contributed by atoms with E-state index >= 15 is 0 Å². The minimum absolute atomic E-state index is 0.0436. The Morgan fingerprint density at radius 2 is 2.25 bits per heavy atom. The van der Waals surface area contributed by atoms with Gasteiger partial charge < -0.3 is 4.90 Å². The maximum absolute atomic E-state index is 12.1. The van der Waals surface area contributed by atoms with Crippen molar-refractivity contribution in [1.29, 1.82) is 0 Å². The van der Waals surface area contributed by atoms with Crippen LogP contribution >= 0.6 is 11.6 Å². The molecule has 0 unspecified atom stereocenters. The maximum Gasteiger partial charge on any atom is 0.255 e. The SMILES string of the molecule is C#Cc1ccc(Cl)cc1C(=O)N(C)C1CC1. The van der Waals surface area contributed by atoms with Crippen LogP contribution in [-0.2, 0) is 0 Å². The summed E-state index contributed by atoms with van der Waals surface area (Å²) in [4.78, 5) is 13.9. The molecule has 2 nitrogen and oxygen atoms in total. The molecule has 2 rings (SSSR count). The van der Waals surface area contributed by atoms with Crippen molar-refractivity contribution in [3.05, 3.63) is 34.3 Å². The van der Waals surface area contributed by atoms with E-state index in [1.165, 1.54) is 0 Å². The van der Waals surface area contributed by atoms with Gasteiger partial charge in [-0.2, -0.15) is 0 Å². The van der Waals surface area contributed by atoms with Crippen LogP contribution in [0.15, 0.2) is 18.2 Å². The monoisotopic (exact) mass is 233 g/mol. The predicted octanol–water partition coefficient (Wildman–Crippen LogP) is 2.56. The summed E-state index contributed by atoms with van der Waals surface area (Å²) in [6.45, 7) is 0. The van der Waals surface area contributed by atoms with Gasteiger partial charge in [0.15, 0.2) is 0 Å². The number of rotatable bonds is 2. The van der Waals surface area contributed by atoms with E-state index in [4.69, 9.17) is 18.0 Å². The summed E-state index contributed by atoms with van der Waals surface area (Å²) >= 11 is 5.88. The molecule has 0 aromatic heterocycles. The first kappa shape index (κ1) is 11.0. The lowest BCUT2D eigenvalue weighted by atomic mass is 10.1. The number of benzene rings is 1. The van der Waals surface area contributed by atoms with Crippen molar-refractivity contribution in [2.75, 3.05) is 7.05 Å². The summed E-state index contributed by atoms with van der Waals surface area (Å²) in [7, 11) is 1.81. The zero-order valence-corrected chi connectivity index (χ0v) is 9.79. The van der Waals surface area contributed by atoms with Gasteiger partial charge in [-0.15, -0.1) is 6.42 Å². The highest BCUT2D eigenvalue weighted by Gasteiger charge is 2.30. The molecule has 0 heterocycles. The van der Waals surface area contributed by atoms with Gasteiger partial charge in [0.05, 0.1) is 5.56 Å². The van der Waals surface area contributed by atoms with Crippen LogP contribution < -0.4 is 0 Å². The molecule has 0 spiro atoms. The highest BCUT2D eigenvalue weighted by atomic mass is 35.5. The third kappa shape index (κ3) is 2.05. The Labute approximate surface area is 100 Å². The topological polar surface area (TPSA) is 20.3 Å². The van der Waals surface area contributed by atoms with Gasteiger partial charge in [-0.25, -0.2) is 0 Å². The fraction of sp³-hybridized carbons (Fsp3) is 0.308. The standard InChI is InChI=1S/C13H12ClNO/c1-3-9-4-5-10(14)8-12(9)13(16)15(2)11-6-7-11/h1,4-5,8,11H,6-7H2,2H3. The smallest absolute Gasteiger partial charge is 0.255 e. The molecule has 1 aromatic rings. The molecule has 0 aliphatic heterocycles. The third-order valence-electron chi connectivity index (χ3n) is 2.78. The fourth-order valence-electron chi connectivity index (χ4n) is 1.64. The van der Waals surface area contributed by atoms with Gasteiger partial charge in [-0.3, -0.25) is 4.79 Å². The van der Waals surface area contributed by atoms with Gasteiger partial charge >= 0.3 is 0 Å². The van der Waals surface area contributed by atoms with Crippen molar-refractivity contribution < 1.29 is 4.79 Å². The lowest BCUT2D eigenvalue weighted by molar-refractivity contribution is 0.0785. The van der Waals surface area contributed by atoms with Crippen LogP contribution in [0.5, 0.6) is 0 Å². The van der Waals surface area contributed by atoms with E-state index in [0.29, 0.717) is 22.2 Å². The van der Waals surface area contributed by atoms with Gasteiger partial charge in [-0.05, 0) is 31.0 Å². The fourth-order valence-corrected chi connectivity index (χ4v) is 1.81. The lowest BCUT2D eigenvalue weighted by Gasteiger charge is -2.17. The predicted molar refractivity (Wildman–Crippen MR) is 64.5 cm³/mol. The lowest BCUT2D eigenvalue weighted by Crippen LogP contribution is -2.29. The van der Waals surface area contributed by atoms with Gasteiger partial charge in [0, 0.05) is 23.7 Å². The minimum Gasteiger partial charge on any atom is -0.339 e. The molecule has 3 heteroatoms. The zero-order valence-electron chi connectivity index (χ0n) is 9.03. The second-order valence-electron chi connectivity index (χ2n) is 3.98. The summed E-state index contributed by atoms with van der Waals surface area (Å²) < 4.78 is 0. The number of hydrogen-bond donors (Lipinski definition) is 0. The third-order valence-corrected chi connectivity index (χ3v) is 3.02. The van der Waals surface area contributed by atoms with Crippen LogP contribution in [0.1, 0.15) is 28.8 Å². The number of carbonyl (C=O) groups excluding carboxylic acids is 1. The van der Waals surface area contributed by atoms with Gasteiger partial charge in [-0.1, -0.05) is 17.5 Å². The van der Waals surface area contributed by atoms with Crippen LogP contribution in [0.2, 0.25) is 5.02 Å². The van der Waals surface area contributed by atoms with Crippen LogP contribution in [-0.4, -0.2) is 23.9 Å². The minimum atomic E-state index is -0.0436. The molecule has 1 aliphatic carbocycles. The highest BCUT2D eigenvalue weighted by molar-refractivity contribution is 6.31. The van der Waals surface area contributed by atoms with Crippen molar-refractivity contribution in [3.63, 3.8) is 0 Å². The Morgan fingerprint density at radius 1 is 1.56 bits per heavy atom. The van der Waals surface area contributed by atoms with Crippen LogP contribution in [0, 0.1) is 12.3 Å². The van der Waals surface area contributed by atoms with Crippen LogP contribution in [0.25, 0.3) is 0 Å². The van der Waals surface area contributed by atoms with Crippen molar-refractivity contribution in [1.82, 2.24) is 4.90 Å². The Morgan fingerprint density at radius 3 is 2.81 bits per heavy atom. The zero-order chi connectivity index (χ0) is 11.7. The van der Waals surface area contributed by atoms with Crippen LogP contribution in [0.3, 0.4) is 0 Å². The van der Waals surface area contributed by atoms with E-state index < -0.39 is 0 Å². The molecule has 1 amide bonds. The molecule has 82 valence electrons. The summed E-state index contributed by atoms with van der Waals surface area (Å²) in [5, 5.41) is 0.534. The summed E-state index contributed by atoms with van der Waals surface area (Å²) in [6.07, 6.45) is 7.52. The van der Waals surface area contributed by atoms with E-state index in [-0.39, 0.29) is 5.91 Å². The molecule has 1 saturated carbocycles. The van der Waals surface area contributed by atoms with Crippen molar-refractivity contribution in [2.24, 2.45) is 0 Å². The van der Waals surface area contributed by atoms with Crippen molar-refractivity contribution in [3.8, 4) is 12.3 Å². The molecule has 0 N–H and O–H groups in total. The maximum atomic E-state index is 12.1. The largest absolute Gasteiger partial charge is 0.339 e. The Balaban J connectivity index is 2.34. The first-order valence-corrected chi connectivity index (χ1v) is 5.54. The second kappa shape index (κ2) is 4.19.